The Labute approximate surface area is 101 Å². The number of thiol groups is 1. The van der Waals surface area contributed by atoms with Gasteiger partial charge in [0.1, 0.15) is 0 Å². The number of hydrogen-bond acceptors (Lipinski definition) is 4. The van der Waals surface area contributed by atoms with Crippen molar-refractivity contribution in [3.05, 3.63) is 18.2 Å². The summed E-state index contributed by atoms with van der Waals surface area (Å²) in [6.45, 7) is 3.05. The zero-order chi connectivity index (χ0) is 11.8. The van der Waals surface area contributed by atoms with Gasteiger partial charge in [0.15, 0.2) is 0 Å². The highest BCUT2D eigenvalue weighted by Gasteiger charge is 1.97. The van der Waals surface area contributed by atoms with Gasteiger partial charge in [-0.2, -0.15) is 0 Å². The molecule has 0 aromatic heterocycles. The SMILES string of the molecule is CC=Nc1cc(NC=NCCN)ccc1S. The second-order valence-electron chi connectivity index (χ2n) is 3.06. The number of hydrogen-bond donors (Lipinski definition) is 3. The van der Waals surface area contributed by atoms with E-state index in [2.05, 4.69) is 27.9 Å². The molecule has 1 rings (SSSR count). The van der Waals surface area contributed by atoms with Gasteiger partial charge in [-0.25, -0.2) is 0 Å². The highest BCUT2D eigenvalue weighted by molar-refractivity contribution is 7.80. The van der Waals surface area contributed by atoms with Crippen LogP contribution < -0.4 is 11.1 Å². The molecule has 16 heavy (non-hydrogen) atoms. The molecule has 0 saturated carbocycles. The fourth-order valence-corrected chi connectivity index (χ4v) is 1.31. The van der Waals surface area contributed by atoms with E-state index in [4.69, 9.17) is 5.73 Å². The third-order valence-electron chi connectivity index (χ3n) is 1.82. The highest BCUT2D eigenvalue weighted by atomic mass is 32.1. The lowest BCUT2D eigenvalue weighted by atomic mass is 10.3. The number of anilines is 1. The second-order valence-corrected chi connectivity index (χ2v) is 3.54. The smallest absolute Gasteiger partial charge is 0.0868 e. The van der Waals surface area contributed by atoms with Gasteiger partial charge in [0.05, 0.1) is 18.6 Å². The lowest BCUT2D eigenvalue weighted by Crippen LogP contribution is -2.04. The lowest BCUT2D eigenvalue weighted by molar-refractivity contribution is 0.980. The van der Waals surface area contributed by atoms with E-state index < -0.39 is 0 Å². The van der Waals surface area contributed by atoms with Gasteiger partial charge in [-0.05, 0) is 25.1 Å². The summed E-state index contributed by atoms with van der Waals surface area (Å²) in [5.74, 6) is 0. The maximum Gasteiger partial charge on any atom is 0.0868 e. The molecule has 5 heteroatoms. The Morgan fingerprint density at radius 1 is 1.50 bits per heavy atom. The first-order valence-corrected chi connectivity index (χ1v) is 5.49. The third kappa shape index (κ3) is 4.04. The number of benzene rings is 1. The van der Waals surface area contributed by atoms with Crippen molar-refractivity contribution in [2.45, 2.75) is 11.8 Å². The molecule has 3 N–H and O–H groups in total. The van der Waals surface area contributed by atoms with Crippen molar-refractivity contribution in [2.75, 3.05) is 18.4 Å². The second kappa shape index (κ2) is 7.03. The topological polar surface area (TPSA) is 62.8 Å². The Morgan fingerprint density at radius 2 is 2.31 bits per heavy atom. The van der Waals surface area contributed by atoms with Crippen molar-refractivity contribution >= 4 is 36.6 Å². The summed E-state index contributed by atoms with van der Waals surface area (Å²) in [6.07, 6.45) is 3.38. The predicted molar refractivity (Wildman–Crippen MR) is 73.6 cm³/mol. The van der Waals surface area contributed by atoms with Gasteiger partial charge in [0, 0.05) is 23.3 Å². The molecule has 0 spiro atoms. The average molecular weight is 236 g/mol. The standard InChI is InChI=1S/C11H16N4S/c1-2-14-10-7-9(3-4-11(10)16)15-8-13-6-5-12/h2-4,7-8,16H,5-6,12H2,1H3,(H,13,15). The predicted octanol–water partition coefficient (Wildman–Crippen LogP) is 2.10. The van der Waals surface area contributed by atoms with Crippen molar-refractivity contribution in [1.29, 1.82) is 0 Å². The molecular weight excluding hydrogens is 220 g/mol. The number of nitrogens with one attached hydrogen (secondary N) is 1. The minimum absolute atomic E-state index is 0.555. The van der Waals surface area contributed by atoms with Crippen LogP contribution in [0.25, 0.3) is 0 Å². The van der Waals surface area contributed by atoms with Gasteiger partial charge >= 0.3 is 0 Å². The summed E-state index contributed by atoms with van der Waals surface area (Å²) in [7, 11) is 0. The van der Waals surface area contributed by atoms with Crippen molar-refractivity contribution in [1.82, 2.24) is 0 Å². The van der Waals surface area contributed by atoms with Gasteiger partial charge in [0.2, 0.25) is 0 Å². The first-order valence-electron chi connectivity index (χ1n) is 5.04. The zero-order valence-electron chi connectivity index (χ0n) is 9.22. The van der Waals surface area contributed by atoms with E-state index in [0.29, 0.717) is 13.1 Å². The monoisotopic (exact) mass is 236 g/mol. The van der Waals surface area contributed by atoms with Crippen LogP contribution >= 0.6 is 12.6 Å². The van der Waals surface area contributed by atoms with Crippen LogP contribution in [0.1, 0.15) is 6.92 Å². The summed E-state index contributed by atoms with van der Waals surface area (Å²) < 4.78 is 0. The van der Waals surface area contributed by atoms with Crippen LogP contribution in [0.2, 0.25) is 0 Å². The Bertz CT molecular complexity index is 388. The van der Waals surface area contributed by atoms with E-state index >= 15 is 0 Å². The molecule has 4 nitrogen and oxygen atoms in total. The maximum absolute atomic E-state index is 5.32. The van der Waals surface area contributed by atoms with Gasteiger partial charge < -0.3 is 11.1 Å². The van der Waals surface area contributed by atoms with E-state index in [1.807, 2.05) is 25.1 Å². The molecule has 0 heterocycles. The summed E-state index contributed by atoms with van der Waals surface area (Å²) in [5.41, 5.74) is 7.09. The minimum atomic E-state index is 0.555. The van der Waals surface area contributed by atoms with E-state index in [1.165, 1.54) is 0 Å². The first-order chi connectivity index (χ1) is 7.77. The molecule has 0 fully saturated rings. The Kier molecular flexibility index (Phi) is 5.60. The molecule has 0 unspecified atom stereocenters. The number of rotatable bonds is 5. The van der Waals surface area contributed by atoms with E-state index in [9.17, 15) is 0 Å². The summed E-state index contributed by atoms with van der Waals surface area (Å²) in [4.78, 5) is 9.12. The summed E-state index contributed by atoms with van der Waals surface area (Å²) in [5, 5.41) is 3.05. The zero-order valence-corrected chi connectivity index (χ0v) is 10.1. The van der Waals surface area contributed by atoms with Gasteiger partial charge in [-0.15, -0.1) is 12.6 Å². The average Bonchev–Trinajstić information content (AvgIpc) is 2.29. The fraction of sp³-hybridized carbons (Fsp3) is 0.273. The molecule has 0 aliphatic heterocycles. The molecule has 1 aromatic rings. The van der Waals surface area contributed by atoms with E-state index in [0.717, 1.165) is 16.3 Å². The van der Waals surface area contributed by atoms with Gasteiger partial charge in [0.25, 0.3) is 0 Å². The third-order valence-corrected chi connectivity index (χ3v) is 2.20. The molecule has 0 atom stereocenters. The molecule has 0 bridgehead atoms. The van der Waals surface area contributed by atoms with Crippen molar-refractivity contribution < 1.29 is 0 Å². The van der Waals surface area contributed by atoms with Crippen LogP contribution in [-0.4, -0.2) is 25.6 Å². The van der Waals surface area contributed by atoms with Crippen molar-refractivity contribution in [2.24, 2.45) is 15.7 Å². The van der Waals surface area contributed by atoms with Gasteiger partial charge in [-0.1, -0.05) is 0 Å². The molecular formula is C11H16N4S. The van der Waals surface area contributed by atoms with Crippen LogP contribution in [0.5, 0.6) is 0 Å². The van der Waals surface area contributed by atoms with Crippen LogP contribution in [-0.2, 0) is 0 Å². The largest absolute Gasteiger partial charge is 0.347 e. The number of nitrogens with zero attached hydrogens (tertiary/aromatic N) is 2. The first kappa shape index (κ1) is 12.7. The number of nitrogens with two attached hydrogens (primary N) is 1. The van der Waals surface area contributed by atoms with Crippen LogP contribution in [0.3, 0.4) is 0 Å². The van der Waals surface area contributed by atoms with Crippen LogP contribution in [0.15, 0.2) is 33.1 Å². The Balaban J connectivity index is 2.71. The van der Waals surface area contributed by atoms with Gasteiger partial charge in [-0.3, -0.25) is 9.98 Å². The van der Waals surface area contributed by atoms with E-state index in [-0.39, 0.29) is 0 Å². The highest BCUT2D eigenvalue weighted by Crippen LogP contribution is 2.26. The quantitative estimate of drug-likeness (QED) is 0.416. The normalized spacial score (nSPS) is 11.4. The maximum atomic E-state index is 5.32. The van der Waals surface area contributed by atoms with Crippen LogP contribution in [0, 0.1) is 0 Å². The molecule has 0 amide bonds. The molecule has 0 saturated heterocycles. The summed E-state index contributed by atoms with van der Waals surface area (Å²) in [6, 6.07) is 5.73. The lowest BCUT2D eigenvalue weighted by Gasteiger charge is -2.03. The van der Waals surface area contributed by atoms with E-state index in [1.54, 1.807) is 12.6 Å². The Hall–Kier alpha value is -1.33. The fourth-order valence-electron chi connectivity index (χ4n) is 1.11. The van der Waals surface area contributed by atoms with Crippen molar-refractivity contribution in [3.63, 3.8) is 0 Å². The minimum Gasteiger partial charge on any atom is -0.347 e. The number of aliphatic imine (C=N–C) groups is 2. The molecule has 1 aromatic carbocycles. The molecule has 0 radical (unpaired) electrons. The summed E-state index contributed by atoms with van der Waals surface area (Å²) >= 11 is 4.31. The van der Waals surface area contributed by atoms with Crippen LogP contribution in [0.4, 0.5) is 11.4 Å². The molecule has 0 aliphatic rings. The Morgan fingerprint density at radius 3 is 3.00 bits per heavy atom. The van der Waals surface area contributed by atoms with Crippen molar-refractivity contribution in [3.8, 4) is 0 Å². The molecule has 86 valence electrons. The molecule has 0 aliphatic carbocycles.